The second-order valence-electron chi connectivity index (χ2n) is 9.70. The fraction of sp³-hybridized carbons (Fsp3) is 0.179. The lowest BCUT2D eigenvalue weighted by Gasteiger charge is -2.12. The smallest absolute Gasteiger partial charge is 0.235 e. The van der Waals surface area contributed by atoms with Crippen molar-refractivity contribution in [3.05, 3.63) is 61.1 Å². The summed E-state index contributed by atoms with van der Waals surface area (Å²) in [7, 11) is 0. The number of benzene rings is 1. The lowest BCUT2D eigenvalue weighted by Crippen LogP contribution is -2.19. The number of imidazole rings is 1. The van der Waals surface area contributed by atoms with Crippen LogP contribution in [0.2, 0.25) is 0 Å². The highest BCUT2D eigenvalue weighted by Gasteiger charge is 2.25. The molecule has 180 valence electrons. The van der Waals surface area contributed by atoms with Crippen molar-refractivity contribution < 1.29 is 4.79 Å². The molecule has 6 aromatic heterocycles. The molecule has 2 N–H and O–H groups in total. The van der Waals surface area contributed by atoms with Crippen molar-refractivity contribution in [2.75, 3.05) is 0 Å². The predicted molar refractivity (Wildman–Crippen MR) is 147 cm³/mol. The number of rotatable bonds is 1. The molecular formula is C28H21N7OS. The molecule has 0 spiro atoms. The summed E-state index contributed by atoms with van der Waals surface area (Å²) in [6.07, 6.45) is 9.49. The van der Waals surface area contributed by atoms with Crippen LogP contribution in [0, 0.1) is 5.92 Å². The Bertz CT molecular complexity index is 2090. The molecule has 0 saturated heterocycles. The average Bonchev–Trinajstić information content (AvgIpc) is 3.73. The van der Waals surface area contributed by atoms with Crippen LogP contribution < -0.4 is 0 Å². The topological polar surface area (TPSA) is 105 Å². The number of H-pyrrole nitrogens is 2. The number of aromatic amines is 2. The van der Waals surface area contributed by atoms with Crippen molar-refractivity contribution in [2.45, 2.75) is 25.7 Å². The van der Waals surface area contributed by atoms with E-state index in [-0.39, 0.29) is 11.8 Å². The Balaban J connectivity index is 1.60. The number of hydrogen-bond acceptors (Lipinski definition) is 6. The number of nitrogens with zero attached hydrogens (tertiary/aromatic N) is 5. The van der Waals surface area contributed by atoms with Gasteiger partial charge in [-0.3, -0.25) is 19.4 Å². The normalized spacial score (nSPS) is 14.6. The molecule has 7 aromatic rings. The van der Waals surface area contributed by atoms with Gasteiger partial charge in [0.05, 0.1) is 17.2 Å². The molecule has 1 aliphatic carbocycles. The Kier molecular flexibility index (Phi) is 4.39. The molecule has 1 aromatic carbocycles. The highest BCUT2D eigenvalue weighted by molar-refractivity contribution is 7.24. The van der Waals surface area contributed by atoms with E-state index in [4.69, 9.17) is 4.98 Å². The molecule has 37 heavy (non-hydrogen) atoms. The van der Waals surface area contributed by atoms with Crippen molar-refractivity contribution in [3.8, 4) is 0 Å². The highest BCUT2D eigenvalue weighted by Crippen LogP contribution is 2.32. The second kappa shape index (κ2) is 7.81. The third-order valence-corrected chi connectivity index (χ3v) is 8.59. The first kappa shape index (κ1) is 20.8. The van der Waals surface area contributed by atoms with E-state index in [0.717, 1.165) is 78.8 Å². The summed E-state index contributed by atoms with van der Waals surface area (Å²) in [5.74, 6) is 0.173. The van der Waals surface area contributed by atoms with Crippen molar-refractivity contribution in [3.63, 3.8) is 0 Å². The largest absolute Gasteiger partial charge is 0.321 e. The van der Waals surface area contributed by atoms with Crippen LogP contribution in [-0.4, -0.2) is 40.6 Å². The Morgan fingerprint density at radius 1 is 0.946 bits per heavy atom. The fourth-order valence-corrected chi connectivity index (χ4v) is 6.67. The molecule has 8 bridgehead atoms. The van der Waals surface area contributed by atoms with E-state index in [1.807, 2.05) is 35.0 Å². The molecule has 0 atom stereocenters. The number of nitrogens with one attached hydrogen (secondary N) is 2. The van der Waals surface area contributed by atoms with Crippen molar-refractivity contribution >= 4 is 81.7 Å². The molecule has 9 heteroatoms. The molecule has 6 heterocycles. The molecule has 1 fully saturated rings. The molecule has 0 unspecified atom stereocenters. The standard InChI is InChI=1S/C28H21N7OS/c36-28(15-3-1-2-4-15)35-18-11-17(13-29-14-18)16-5-6-21-20(12-16)25(34-33-21)27-31-24-19(9-10-30-26(24)32-27)22-7-8-23(35)37-22/h5-15H,1-4H2,(H,33,34)(H,30,31,32). The zero-order chi connectivity index (χ0) is 24.5. The third kappa shape index (κ3) is 3.17. The van der Waals surface area contributed by atoms with E-state index in [0.29, 0.717) is 11.3 Å². The third-order valence-electron chi connectivity index (χ3n) is 7.49. The van der Waals surface area contributed by atoms with E-state index in [1.165, 1.54) is 0 Å². The lowest BCUT2D eigenvalue weighted by molar-refractivity contribution is 0.0847. The number of carbonyl (C=O) groups is 1. The van der Waals surface area contributed by atoms with Crippen LogP contribution >= 0.6 is 11.3 Å². The maximum absolute atomic E-state index is 13.9. The summed E-state index contributed by atoms with van der Waals surface area (Å²) in [6.45, 7) is 0. The van der Waals surface area contributed by atoms with Gasteiger partial charge in [-0.1, -0.05) is 18.9 Å². The Morgan fingerprint density at radius 2 is 1.86 bits per heavy atom. The first-order valence-corrected chi connectivity index (χ1v) is 13.3. The van der Waals surface area contributed by atoms with Gasteiger partial charge in [-0.15, -0.1) is 11.3 Å². The summed E-state index contributed by atoms with van der Waals surface area (Å²) in [5, 5.41) is 11.6. The van der Waals surface area contributed by atoms with Gasteiger partial charge in [0.25, 0.3) is 0 Å². The van der Waals surface area contributed by atoms with Gasteiger partial charge in [-0.05, 0) is 54.6 Å². The van der Waals surface area contributed by atoms with Crippen LogP contribution in [0.25, 0.3) is 64.4 Å². The van der Waals surface area contributed by atoms with Gasteiger partial charge in [-0.25, -0.2) is 9.97 Å². The lowest BCUT2D eigenvalue weighted by atomic mass is 10.1. The van der Waals surface area contributed by atoms with Gasteiger partial charge in [0.2, 0.25) is 5.91 Å². The minimum absolute atomic E-state index is 0.0302. The Morgan fingerprint density at radius 3 is 2.78 bits per heavy atom. The number of pyridine rings is 2. The van der Waals surface area contributed by atoms with Gasteiger partial charge in [0, 0.05) is 39.2 Å². The van der Waals surface area contributed by atoms with Gasteiger partial charge in [0.15, 0.2) is 11.3 Å². The monoisotopic (exact) mass is 503 g/mol. The first-order chi connectivity index (χ1) is 18.2. The summed E-state index contributed by atoms with van der Waals surface area (Å²) in [5.41, 5.74) is 4.59. The Hall–Kier alpha value is -4.37. The molecule has 0 radical (unpaired) electrons. The van der Waals surface area contributed by atoms with Crippen LogP contribution in [0.15, 0.2) is 61.1 Å². The maximum Gasteiger partial charge on any atom is 0.235 e. The second-order valence-corrected chi connectivity index (χ2v) is 10.8. The van der Waals surface area contributed by atoms with Crippen LogP contribution in [0.3, 0.4) is 0 Å². The molecule has 1 aliphatic rings. The van der Waals surface area contributed by atoms with Gasteiger partial charge >= 0.3 is 0 Å². The van der Waals surface area contributed by atoms with Gasteiger partial charge in [-0.2, -0.15) is 5.10 Å². The summed E-state index contributed by atoms with van der Waals surface area (Å²) in [4.78, 5) is 32.2. The van der Waals surface area contributed by atoms with Gasteiger partial charge in [0.1, 0.15) is 15.9 Å². The highest BCUT2D eigenvalue weighted by atomic mass is 32.1. The maximum atomic E-state index is 13.9. The number of fused-ring (bicyclic) bond motifs is 9. The quantitative estimate of drug-likeness (QED) is 0.261. The summed E-state index contributed by atoms with van der Waals surface area (Å²) in [6, 6.07) is 14.3. The summed E-state index contributed by atoms with van der Waals surface area (Å²) < 4.78 is 2.90. The van der Waals surface area contributed by atoms with E-state index < -0.39 is 0 Å². The number of thiophene rings is 1. The van der Waals surface area contributed by atoms with E-state index in [1.54, 1.807) is 23.7 Å². The van der Waals surface area contributed by atoms with E-state index in [9.17, 15) is 4.79 Å². The van der Waals surface area contributed by atoms with Gasteiger partial charge < -0.3 is 4.98 Å². The Labute approximate surface area is 213 Å². The number of hydrogen-bond donors (Lipinski definition) is 2. The van der Waals surface area contributed by atoms with E-state index in [2.05, 4.69) is 43.3 Å². The first-order valence-electron chi connectivity index (χ1n) is 12.5. The van der Waals surface area contributed by atoms with Crippen LogP contribution in [-0.2, 0) is 0 Å². The fourth-order valence-electron chi connectivity index (χ4n) is 5.61. The zero-order valence-electron chi connectivity index (χ0n) is 19.7. The minimum Gasteiger partial charge on any atom is -0.321 e. The SMILES string of the molecule is O=C(C1CCCC1)n1c2cncc(c2)c2ccc3[nH]nc(c4nc5c(nccc5c5ccc1s5)[nH]4)c3c2. The van der Waals surface area contributed by atoms with Crippen LogP contribution in [0.5, 0.6) is 0 Å². The summed E-state index contributed by atoms with van der Waals surface area (Å²) >= 11 is 1.59. The van der Waals surface area contributed by atoms with Crippen molar-refractivity contribution in [1.82, 2.24) is 34.7 Å². The molecule has 0 aliphatic heterocycles. The van der Waals surface area contributed by atoms with Crippen LogP contribution in [0.4, 0.5) is 0 Å². The molecule has 1 saturated carbocycles. The number of aromatic nitrogens is 7. The zero-order valence-corrected chi connectivity index (χ0v) is 20.5. The van der Waals surface area contributed by atoms with Crippen molar-refractivity contribution in [1.29, 1.82) is 0 Å². The predicted octanol–water partition coefficient (Wildman–Crippen LogP) is 6.66. The minimum atomic E-state index is 0.0302. The molecular weight excluding hydrogens is 482 g/mol. The van der Waals surface area contributed by atoms with Crippen molar-refractivity contribution in [2.24, 2.45) is 5.92 Å². The molecule has 8 rings (SSSR count). The molecule has 8 nitrogen and oxygen atoms in total. The average molecular weight is 504 g/mol. The number of carbonyl (C=O) groups excluding carboxylic acids is 1. The van der Waals surface area contributed by atoms with E-state index >= 15 is 0 Å². The van der Waals surface area contributed by atoms with Crippen LogP contribution in [0.1, 0.15) is 30.5 Å². The molecule has 0 amide bonds.